The maximum absolute atomic E-state index is 5.39. The summed E-state index contributed by atoms with van der Waals surface area (Å²) in [7, 11) is 0. The highest BCUT2D eigenvalue weighted by Gasteiger charge is 2.02. The Morgan fingerprint density at radius 1 is 1.26 bits per heavy atom. The van der Waals surface area contributed by atoms with E-state index in [-0.39, 0.29) is 0 Å². The number of hydrazine groups is 1. The smallest absolute Gasteiger partial charge is 0.145 e. The maximum atomic E-state index is 5.39. The van der Waals surface area contributed by atoms with Crippen molar-refractivity contribution in [3.05, 3.63) is 42.0 Å². The Hall–Kier alpha value is -2.21. The van der Waals surface area contributed by atoms with E-state index in [0.717, 1.165) is 31.0 Å². The normalized spacial score (nSPS) is 10.2. The standard InChI is InChI=1S/C13H18N6/c1-2-11-17-12(8-13(18-11)19-14)16-7-5-10-4-3-6-15-9-10/h3-4,6,8-9H,2,5,7,14H2,1H3,(H2,16,17,18,19). The van der Waals surface area contributed by atoms with Gasteiger partial charge in [-0.2, -0.15) is 0 Å². The van der Waals surface area contributed by atoms with Gasteiger partial charge < -0.3 is 10.7 Å². The SMILES string of the molecule is CCc1nc(NN)cc(NCCc2cccnc2)n1. The van der Waals surface area contributed by atoms with Crippen LogP contribution in [-0.2, 0) is 12.8 Å². The predicted octanol–water partition coefficient (Wildman–Crippen LogP) is 1.37. The van der Waals surface area contributed by atoms with Crippen LogP contribution < -0.4 is 16.6 Å². The fraction of sp³-hybridized carbons (Fsp3) is 0.308. The first kappa shape index (κ1) is 13.2. The van der Waals surface area contributed by atoms with Gasteiger partial charge in [-0.3, -0.25) is 4.98 Å². The third kappa shape index (κ3) is 3.89. The van der Waals surface area contributed by atoms with Gasteiger partial charge in [-0.15, -0.1) is 0 Å². The number of hydrogen-bond acceptors (Lipinski definition) is 6. The molecule has 19 heavy (non-hydrogen) atoms. The van der Waals surface area contributed by atoms with Crippen LogP contribution in [0.3, 0.4) is 0 Å². The molecule has 6 nitrogen and oxygen atoms in total. The number of nitrogens with two attached hydrogens (primary N) is 1. The largest absolute Gasteiger partial charge is 0.370 e. The molecule has 6 heteroatoms. The van der Waals surface area contributed by atoms with Crippen molar-refractivity contribution in [3.8, 4) is 0 Å². The molecule has 0 spiro atoms. The first-order valence-corrected chi connectivity index (χ1v) is 6.29. The summed E-state index contributed by atoms with van der Waals surface area (Å²) in [4.78, 5) is 12.7. The number of aryl methyl sites for hydroxylation is 1. The summed E-state index contributed by atoms with van der Waals surface area (Å²) in [5.74, 6) is 7.55. The van der Waals surface area contributed by atoms with Crippen molar-refractivity contribution in [2.45, 2.75) is 19.8 Å². The highest BCUT2D eigenvalue weighted by atomic mass is 15.3. The summed E-state index contributed by atoms with van der Waals surface area (Å²) in [6.45, 7) is 2.80. The van der Waals surface area contributed by atoms with Gasteiger partial charge in [-0.1, -0.05) is 13.0 Å². The van der Waals surface area contributed by atoms with Crippen molar-refractivity contribution >= 4 is 11.6 Å². The van der Waals surface area contributed by atoms with E-state index in [1.54, 1.807) is 12.3 Å². The Kier molecular flexibility index (Phi) is 4.63. The van der Waals surface area contributed by atoms with E-state index in [0.29, 0.717) is 5.82 Å². The monoisotopic (exact) mass is 258 g/mol. The van der Waals surface area contributed by atoms with E-state index in [9.17, 15) is 0 Å². The third-order valence-electron chi connectivity index (χ3n) is 2.68. The number of rotatable bonds is 6. The van der Waals surface area contributed by atoms with Gasteiger partial charge in [0.05, 0.1) is 0 Å². The van der Waals surface area contributed by atoms with Gasteiger partial charge in [-0.25, -0.2) is 15.8 Å². The first-order chi connectivity index (χ1) is 9.31. The van der Waals surface area contributed by atoms with Crippen molar-refractivity contribution in [1.29, 1.82) is 0 Å². The summed E-state index contributed by atoms with van der Waals surface area (Å²) < 4.78 is 0. The van der Waals surface area contributed by atoms with Crippen molar-refractivity contribution in [2.75, 3.05) is 17.3 Å². The molecule has 0 amide bonds. The first-order valence-electron chi connectivity index (χ1n) is 6.29. The van der Waals surface area contributed by atoms with Crippen LogP contribution in [0.15, 0.2) is 30.6 Å². The Bertz CT molecular complexity index is 492. The van der Waals surface area contributed by atoms with Crippen LogP contribution in [-0.4, -0.2) is 21.5 Å². The molecule has 0 unspecified atom stereocenters. The van der Waals surface area contributed by atoms with Crippen LogP contribution in [0.5, 0.6) is 0 Å². The van der Waals surface area contributed by atoms with Gasteiger partial charge >= 0.3 is 0 Å². The third-order valence-corrected chi connectivity index (χ3v) is 2.68. The minimum atomic E-state index is 0.621. The highest BCUT2D eigenvalue weighted by Crippen LogP contribution is 2.11. The molecule has 2 rings (SSSR count). The maximum Gasteiger partial charge on any atom is 0.145 e. The minimum Gasteiger partial charge on any atom is -0.370 e. The molecule has 0 bridgehead atoms. The number of anilines is 2. The van der Waals surface area contributed by atoms with E-state index < -0.39 is 0 Å². The van der Waals surface area contributed by atoms with Crippen LogP contribution in [0.25, 0.3) is 0 Å². The summed E-state index contributed by atoms with van der Waals surface area (Å²) in [5, 5.41) is 3.27. The molecule has 0 aromatic carbocycles. The predicted molar refractivity (Wildman–Crippen MR) is 75.7 cm³/mol. The second-order valence-corrected chi connectivity index (χ2v) is 4.09. The number of nitrogens with one attached hydrogen (secondary N) is 2. The highest BCUT2D eigenvalue weighted by molar-refractivity contribution is 5.46. The van der Waals surface area contributed by atoms with Gasteiger partial charge in [0, 0.05) is 31.4 Å². The molecule has 0 saturated carbocycles. The van der Waals surface area contributed by atoms with E-state index in [2.05, 4.69) is 31.8 Å². The molecule has 4 N–H and O–H groups in total. The quantitative estimate of drug-likeness (QED) is 0.536. The minimum absolute atomic E-state index is 0.621. The van der Waals surface area contributed by atoms with Crippen LogP contribution >= 0.6 is 0 Å². The van der Waals surface area contributed by atoms with Gasteiger partial charge in [0.2, 0.25) is 0 Å². The zero-order valence-electron chi connectivity index (χ0n) is 10.9. The molecule has 0 radical (unpaired) electrons. The molecule has 0 atom stereocenters. The number of hydrogen-bond donors (Lipinski definition) is 3. The average Bonchev–Trinajstić information content (AvgIpc) is 2.48. The fourth-order valence-corrected chi connectivity index (χ4v) is 1.70. The summed E-state index contributed by atoms with van der Waals surface area (Å²) in [5.41, 5.74) is 3.74. The van der Waals surface area contributed by atoms with Crippen molar-refractivity contribution < 1.29 is 0 Å². The second kappa shape index (κ2) is 6.65. The van der Waals surface area contributed by atoms with Crippen LogP contribution in [0.1, 0.15) is 18.3 Å². The molecule has 2 aromatic rings. The lowest BCUT2D eigenvalue weighted by Crippen LogP contribution is -2.13. The van der Waals surface area contributed by atoms with Crippen molar-refractivity contribution in [3.63, 3.8) is 0 Å². The number of nitrogens with zero attached hydrogens (tertiary/aromatic N) is 3. The topological polar surface area (TPSA) is 88.8 Å². The molecule has 0 fully saturated rings. The van der Waals surface area contributed by atoms with E-state index in [1.165, 1.54) is 5.56 Å². The molecule has 2 aromatic heterocycles. The van der Waals surface area contributed by atoms with Crippen molar-refractivity contribution in [1.82, 2.24) is 15.0 Å². The molecule has 0 aliphatic carbocycles. The fourth-order valence-electron chi connectivity index (χ4n) is 1.70. The Morgan fingerprint density at radius 3 is 2.79 bits per heavy atom. The van der Waals surface area contributed by atoms with Gasteiger partial charge in [-0.05, 0) is 18.1 Å². The lowest BCUT2D eigenvalue weighted by molar-refractivity contribution is 0.922. The Labute approximate surface area is 112 Å². The van der Waals surface area contributed by atoms with Crippen LogP contribution in [0.2, 0.25) is 0 Å². The van der Waals surface area contributed by atoms with E-state index in [4.69, 9.17) is 5.84 Å². The summed E-state index contributed by atoms with van der Waals surface area (Å²) in [6, 6.07) is 5.78. The molecule has 0 aliphatic heterocycles. The molecule has 100 valence electrons. The van der Waals surface area contributed by atoms with Gasteiger partial charge in [0.1, 0.15) is 17.5 Å². The number of pyridine rings is 1. The zero-order valence-corrected chi connectivity index (χ0v) is 10.9. The number of aromatic nitrogens is 3. The lowest BCUT2D eigenvalue weighted by atomic mass is 10.2. The molecule has 2 heterocycles. The average molecular weight is 258 g/mol. The van der Waals surface area contributed by atoms with E-state index >= 15 is 0 Å². The molecular weight excluding hydrogens is 240 g/mol. The van der Waals surface area contributed by atoms with Crippen molar-refractivity contribution in [2.24, 2.45) is 5.84 Å². The molecule has 0 saturated heterocycles. The molecular formula is C13H18N6. The molecule has 0 aliphatic rings. The van der Waals surface area contributed by atoms with Crippen LogP contribution in [0.4, 0.5) is 11.6 Å². The van der Waals surface area contributed by atoms with Crippen LogP contribution in [0, 0.1) is 0 Å². The number of nitrogen functional groups attached to an aromatic ring is 1. The zero-order chi connectivity index (χ0) is 13.5. The second-order valence-electron chi connectivity index (χ2n) is 4.09. The lowest BCUT2D eigenvalue weighted by Gasteiger charge is -2.09. The van der Waals surface area contributed by atoms with Gasteiger partial charge in [0.25, 0.3) is 0 Å². The summed E-state index contributed by atoms with van der Waals surface area (Å²) in [6.07, 6.45) is 5.30. The van der Waals surface area contributed by atoms with E-state index in [1.807, 2.05) is 19.2 Å². The Balaban J connectivity index is 1.95. The Morgan fingerprint density at radius 2 is 2.11 bits per heavy atom. The van der Waals surface area contributed by atoms with Gasteiger partial charge in [0.15, 0.2) is 0 Å². The summed E-state index contributed by atoms with van der Waals surface area (Å²) >= 11 is 0.